The van der Waals surface area contributed by atoms with Crippen LogP contribution in [0.2, 0.25) is 5.02 Å². The van der Waals surface area contributed by atoms with Crippen molar-refractivity contribution in [1.29, 1.82) is 0 Å². The van der Waals surface area contributed by atoms with Crippen LogP contribution in [0.15, 0.2) is 42.7 Å². The molecule has 0 saturated heterocycles. The van der Waals surface area contributed by atoms with Gasteiger partial charge in [0, 0.05) is 30.0 Å². The molecule has 1 aliphatic rings. The second-order valence-corrected chi connectivity index (χ2v) is 6.33. The highest BCUT2D eigenvalue weighted by molar-refractivity contribution is 6.30. The number of aromatic nitrogens is 1. The Labute approximate surface area is 141 Å². The van der Waals surface area contributed by atoms with Gasteiger partial charge in [-0.1, -0.05) is 36.6 Å². The molecule has 3 rings (SSSR count). The molecule has 1 amide bonds. The quantitative estimate of drug-likeness (QED) is 0.871. The Morgan fingerprint density at radius 2 is 1.91 bits per heavy atom. The predicted molar refractivity (Wildman–Crippen MR) is 92.7 cm³/mol. The van der Waals surface area contributed by atoms with Gasteiger partial charge in [-0.05, 0) is 36.6 Å². The fraction of sp³-hybridized carbons (Fsp3) is 0.333. The molecule has 5 heteroatoms. The van der Waals surface area contributed by atoms with E-state index in [1.54, 1.807) is 12.4 Å². The zero-order chi connectivity index (χ0) is 16.1. The number of benzene rings is 1. The Bertz CT molecular complexity index is 666. The van der Waals surface area contributed by atoms with Crippen LogP contribution in [0.3, 0.4) is 0 Å². The van der Waals surface area contributed by atoms with Crippen LogP contribution in [0.25, 0.3) is 0 Å². The van der Waals surface area contributed by atoms with Crippen LogP contribution in [-0.2, 0) is 6.54 Å². The molecule has 0 bridgehead atoms. The van der Waals surface area contributed by atoms with Crippen molar-refractivity contribution in [2.24, 2.45) is 0 Å². The van der Waals surface area contributed by atoms with Crippen molar-refractivity contribution in [2.75, 3.05) is 5.32 Å². The second kappa shape index (κ2) is 7.47. The van der Waals surface area contributed by atoms with Gasteiger partial charge in [-0.25, -0.2) is 0 Å². The summed E-state index contributed by atoms with van der Waals surface area (Å²) in [4.78, 5) is 16.4. The first-order valence-corrected chi connectivity index (χ1v) is 8.33. The number of carbonyl (C=O) groups excluding carboxylic acids is 1. The van der Waals surface area contributed by atoms with Crippen molar-refractivity contribution in [3.8, 4) is 0 Å². The summed E-state index contributed by atoms with van der Waals surface area (Å²) in [6.07, 6.45) is 8.28. The second-order valence-electron chi connectivity index (χ2n) is 5.90. The predicted octanol–water partition coefficient (Wildman–Crippen LogP) is 4.02. The van der Waals surface area contributed by atoms with Gasteiger partial charge >= 0.3 is 0 Å². The molecule has 1 fully saturated rings. The summed E-state index contributed by atoms with van der Waals surface area (Å²) in [5, 5.41) is 7.05. The zero-order valence-corrected chi connectivity index (χ0v) is 13.6. The molecule has 2 aromatic rings. The van der Waals surface area contributed by atoms with Crippen LogP contribution in [-0.4, -0.2) is 16.9 Å². The van der Waals surface area contributed by atoms with Crippen LogP contribution in [0.1, 0.15) is 41.6 Å². The summed E-state index contributed by atoms with van der Waals surface area (Å²) in [5.41, 5.74) is 2.49. The SMILES string of the molecule is O=C(NCc1ccc(Cl)cc1)c1cncc(NC2CCCC2)c1. The van der Waals surface area contributed by atoms with E-state index < -0.39 is 0 Å². The lowest BCUT2D eigenvalue weighted by Gasteiger charge is -2.13. The molecular formula is C18H20ClN3O. The molecule has 1 aliphatic carbocycles. The van der Waals surface area contributed by atoms with Crippen molar-refractivity contribution in [3.63, 3.8) is 0 Å². The minimum Gasteiger partial charge on any atom is -0.381 e. The molecule has 2 N–H and O–H groups in total. The Morgan fingerprint density at radius 1 is 1.17 bits per heavy atom. The summed E-state index contributed by atoms with van der Waals surface area (Å²) < 4.78 is 0. The fourth-order valence-electron chi connectivity index (χ4n) is 2.84. The number of nitrogens with zero attached hydrogens (tertiary/aromatic N) is 1. The van der Waals surface area contributed by atoms with Crippen molar-refractivity contribution in [2.45, 2.75) is 38.3 Å². The summed E-state index contributed by atoms with van der Waals surface area (Å²) in [6, 6.07) is 9.80. The van der Waals surface area contributed by atoms with E-state index in [-0.39, 0.29) is 5.91 Å². The van der Waals surface area contributed by atoms with E-state index in [2.05, 4.69) is 15.6 Å². The molecule has 0 aliphatic heterocycles. The summed E-state index contributed by atoms with van der Waals surface area (Å²) in [7, 11) is 0. The first kappa shape index (κ1) is 15.8. The van der Waals surface area contributed by atoms with Crippen molar-refractivity contribution >= 4 is 23.2 Å². The van der Waals surface area contributed by atoms with Gasteiger partial charge in [0.25, 0.3) is 5.91 Å². The normalized spacial score (nSPS) is 14.7. The van der Waals surface area contributed by atoms with Gasteiger partial charge in [-0.3, -0.25) is 9.78 Å². The highest BCUT2D eigenvalue weighted by Gasteiger charge is 2.15. The van der Waals surface area contributed by atoms with E-state index in [4.69, 9.17) is 11.6 Å². The molecule has 0 radical (unpaired) electrons. The van der Waals surface area contributed by atoms with Crippen LogP contribution in [0, 0.1) is 0 Å². The Kier molecular flexibility index (Phi) is 5.13. The summed E-state index contributed by atoms with van der Waals surface area (Å²) >= 11 is 5.85. The first-order chi connectivity index (χ1) is 11.2. The third kappa shape index (κ3) is 4.45. The first-order valence-electron chi connectivity index (χ1n) is 7.95. The average molecular weight is 330 g/mol. The maximum atomic E-state index is 12.3. The number of nitrogens with one attached hydrogen (secondary N) is 2. The molecule has 0 spiro atoms. The number of halogens is 1. The van der Waals surface area contributed by atoms with E-state index in [9.17, 15) is 4.79 Å². The third-order valence-electron chi connectivity index (χ3n) is 4.09. The van der Waals surface area contributed by atoms with Crippen LogP contribution >= 0.6 is 11.6 Å². The van der Waals surface area contributed by atoms with Gasteiger partial charge in [-0.2, -0.15) is 0 Å². The largest absolute Gasteiger partial charge is 0.381 e. The van der Waals surface area contributed by atoms with Crippen LogP contribution in [0.4, 0.5) is 5.69 Å². The minimum atomic E-state index is -0.123. The van der Waals surface area contributed by atoms with Crippen molar-refractivity contribution < 1.29 is 4.79 Å². The maximum absolute atomic E-state index is 12.3. The van der Waals surface area contributed by atoms with Crippen molar-refractivity contribution in [1.82, 2.24) is 10.3 Å². The maximum Gasteiger partial charge on any atom is 0.253 e. The Hall–Kier alpha value is -2.07. The number of pyridine rings is 1. The minimum absolute atomic E-state index is 0.123. The van der Waals surface area contributed by atoms with E-state index in [0.29, 0.717) is 23.2 Å². The van der Waals surface area contributed by atoms with Gasteiger partial charge in [0.05, 0.1) is 11.3 Å². The van der Waals surface area contributed by atoms with E-state index >= 15 is 0 Å². The average Bonchev–Trinajstić information content (AvgIpc) is 3.07. The molecule has 4 nitrogen and oxygen atoms in total. The molecule has 0 atom stereocenters. The zero-order valence-electron chi connectivity index (χ0n) is 12.9. The number of hydrogen-bond donors (Lipinski definition) is 2. The number of hydrogen-bond acceptors (Lipinski definition) is 3. The van der Waals surface area contributed by atoms with E-state index in [1.165, 1.54) is 25.7 Å². The topological polar surface area (TPSA) is 54.0 Å². The number of rotatable bonds is 5. The summed E-state index contributed by atoms with van der Waals surface area (Å²) in [6.45, 7) is 0.469. The molecule has 1 saturated carbocycles. The molecule has 1 aromatic heterocycles. The monoisotopic (exact) mass is 329 g/mol. The van der Waals surface area contributed by atoms with Gasteiger partial charge in [0.2, 0.25) is 0 Å². The van der Waals surface area contributed by atoms with Gasteiger partial charge in [-0.15, -0.1) is 0 Å². The lowest BCUT2D eigenvalue weighted by atomic mass is 10.2. The number of carbonyl (C=O) groups is 1. The number of amides is 1. The lowest BCUT2D eigenvalue weighted by Crippen LogP contribution is -2.23. The van der Waals surface area contributed by atoms with E-state index in [0.717, 1.165) is 11.3 Å². The van der Waals surface area contributed by atoms with E-state index in [1.807, 2.05) is 30.3 Å². The molecule has 1 heterocycles. The lowest BCUT2D eigenvalue weighted by molar-refractivity contribution is 0.0950. The van der Waals surface area contributed by atoms with Gasteiger partial charge in [0.15, 0.2) is 0 Å². The van der Waals surface area contributed by atoms with Gasteiger partial charge in [0.1, 0.15) is 0 Å². The van der Waals surface area contributed by atoms with Crippen LogP contribution in [0.5, 0.6) is 0 Å². The standard InChI is InChI=1S/C18H20ClN3O/c19-15-7-5-13(6-8-15)10-21-18(23)14-9-17(12-20-11-14)22-16-3-1-2-4-16/h5-9,11-12,16,22H,1-4,10H2,(H,21,23). The Balaban J connectivity index is 1.59. The smallest absolute Gasteiger partial charge is 0.253 e. The van der Waals surface area contributed by atoms with Gasteiger partial charge < -0.3 is 10.6 Å². The molecule has 0 unspecified atom stereocenters. The summed E-state index contributed by atoms with van der Waals surface area (Å²) in [5.74, 6) is -0.123. The van der Waals surface area contributed by atoms with Crippen LogP contribution < -0.4 is 10.6 Å². The third-order valence-corrected chi connectivity index (χ3v) is 4.34. The Morgan fingerprint density at radius 3 is 2.65 bits per heavy atom. The molecule has 1 aromatic carbocycles. The molecular weight excluding hydrogens is 310 g/mol. The molecule has 23 heavy (non-hydrogen) atoms. The fourth-order valence-corrected chi connectivity index (χ4v) is 2.96. The highest BCUT2D eigenvalue weighted by atomic mass is 35.5. The number of anilines is 1. The van der Waals surface area contributed by atoms with Crippen molar-refractivity contribution in [3.05, 3.63) is 58.9 Å². The molecule has 120 valence electrons. The highest BCUT2D eigenvalue weighted by Crippen LogP contribution is 2.22.